The first-order valence-corrected chi connectivity index (χ1v) is 29.8. The molecule has 7 heteroatoms. The molecule has 0 spiro atoms. The Morgan fingerprint density at radius 3 is 1.47 bits per heavy atom. The van der Waals surface area contributed by atoms with E-state index >= 15 is 0 Å². The molecule has 0 aliphatic heterocycles. The monoisotopic (exact) mass is 1110 g/mol. The van der Waals surface area contributed by atoms with Crippen molar-refractivity contribution < 1.29 is 0 Å². The molecule has 0 radical (unpaired) electrons. The van der Waals surface area contributed by atoms with Crippen molar-refractivity contribution in [1.82, 2.24) is 23.7 Å². The summed E-state index contributed by atoms with van der Waals surface area (Å²) in [7, 11) is 0. The van der Waals surface area contributed by atoms with E-state index in [1.165, 1.54) is 55.1 Å². The lowest BCUT2D eigenvalue weighted by atomic mass is 10.0. The van der Waals surface area contributed by atoms with Crippen molar-refractivity contribution in [1.29, 1.82) is 0 Å². The molecular weight excluding hydrogens is 1030 g/mol. The molecule has 0 bridgehead atoms. The van der Waals surface area contributed by atoms with Crippen LogP contribution in [0.3, 0.4) is 0 Å². The molecule has 14 rings (SSSR count). The molecule has 7 nitrogen and oxygen atoms in total. The molecule has 0 aliphatic rings. The maximum atomic E-state index is 5.03. The zero-order valence-corrected chi connectivity index (χ0v) is 50.1. The zero-order valence-electron chi connectivity index (χ0n) is 50.1. The SMILES string of the molecule is C=C(CCc1c(C)c2cc(N(c3ccc4c(c3)c3ccccc3n4-c3ccccc3)c3cccc4cccnc34)ccc2n1-c1ccccc1)N(c1ccc2c(c1)c(C)c(C)n2-c1ccccc1)c1cccc2cccnc12.C=CC.CC.CC. The number of aromatic nitrogens is 5. The number of rotatable bonds is 12. The Balaban J connectivity index is 0.00000103. The molecule has 0 atom stereocenters. The van der Waals surface area contributed by atoms with Crippen LogP contribution in [0.5, 0.6) is 0 Å². The number of pyridine rings is 2. The van der Waals surface area contributed by atoms with Crippen molar-refractivity contribution in [2.45, 2.75) is 68.2 Å². The summed E-state index contributed by atoms with van der Waals surface area (Å²) in [6.45, 7) is 24.9. The Bertz CT molecular complexity index is 4670. The highest BCUT2D eigenvalue weighted by molar-refractivity contribution is 6.11. The number of hydrogen-bond donors (Lipinski definition) is 0. The van der Waals surface area contributed by atoms with Gasteiger partial charge < -0.3 is 23.5 Å². The van der Waals surface area contributed by atoms with Crippen LogP contribution in [0.25, 0.3) is 82.5 Å². The Morgan fingerprint density at radius 1 is 0.435 bits per heavy atom. The molecule has 5 heterocycles. The van der Waals surface area contributed by atoms with Gasteiger partial charge in [-0.25, -0.2) is 0 Å². The molecular formula is C78H73N7. The second-order valence-electron chi connectivity index (χ2n) is 20.8. The molecule has 0 saturated heterocycles. The van der Waals surface area contributed by atoms with Gasteiger partial charge in [-0.05, 0) is 173 Å². The third kappa shape index (κ3) is 10.4. The van der Waals surface area contributed by atoms with E-state index in [9.17, 15) is 0 Å². The fourth-order valence-corrected chi connectivity index (χ4v) is 12.2. The van der Waals surface area contributed by atoms with Gasteiger partial charge in [-0.15, -0.1) is 6.58 Å². The first-order valence-electron chi connectivity index (χ1n) is 29.8. The van der Waals surface area contributed by atoms with Crippen LogP contribution < -0.4 is 9.80 Å². The smallest absolute Gasteiger partial charge is 0.0942 e. The maximum Gasteiger partial charge on any atom is 0.0942 e. The summed E-state index contributed by atoms with van der Waals surface area (Å²) in [6, 6.07) is 82.8. The van der Waals surface area contributed by atoms with Crippen molar-refractivity contribution in [2.75, 3.05) is 9.80 Å². The van der Waals surface area contributed by atoms with Crippen molar-refractivity contribution in [3.63, 3.8) is 0 Å². The predicted molar refractivity (Wildman–Crippen MR) is 365 cm³/mol. The van der Waals surface area contributed by atoms with Gasteiger partial charge in [0.05, 0.1) is 44.5 Å². The van der Waals surface area contributed by atoms with E-state index in [4.69, 9.17) is 16.5 Å². The first-order chi connectivity index (χ1) is 41.8. The van der Waals surface area contributed by atoms with Crippen LogP contribution in [0.2, 0.25) is 0 Å². The number of para-hydroxylation sites is 6. The number of fused-ring (bicyclic) bond motifs is 7. The van der Waals surface area contributed by atoms with E-state index in [1.54, 1.807) is 6.08 Å². The van der Waals surface area contributed by atoms with Gasteiger partial charge in [0.15, 0.2) is 0 Å². The van der Waals surface area contributed by atoms with Crippen LogP contribution in [0, 0.1) is 20.8 Å². The summed E-state index contributed by atoms with van der Waals surface area (Å²) in [5.74, 6) is 0. The van der Waals surface area contributed by atoms with E-state index in [1.807, 2.05) is 59.1 Å². The average molecular weight is 1110 g/mol. The minimum Gasteiger partial charge on any atom is -0.314 e. The summed E-state index contributed by atoms with van der Waals surface area (Å²) in [4.78, 5) is 14.8. The highest BCUT2D eigenvalue weighted by Gasteiger charge is 2.25. The second kappa shape index (κ2) is 25.1. The highest BCUT2D eigenvalue weighted by atomic mass is 15.2. The summed E-state index contributed by atoms with van der Waals surface area (Å²) < 4.78 is 7.20. The minimum absolute atomic E-state index is 0.686. The van der Waals surface area contributed by atoms with Gasteiger partial charge in [-0.2, -0.15) is 0 Å². The summed E-state index contributed by atoms with van der Waals surface area (Å²) in [5.41, 5.74) is 21.0. The minimum atomic E-state index is 0.686. The molecule has 5 aromatic heterocycles. The number of hydrogen-bond acceptors (Lipinski definition) is 4. The largest absolute Gasteiger partial charge is 0.314 e. The third-order valence-electron chi connectivity index (χ3n) is 16.0. The molecule has 0 fully saturated rings. The van der Waals surface area contributed by atoms with Crippen molar-refractivity contribution in [3.8, 4) is 17.1 Å². The van der Waals surface area contributed by atoms with Crippen LogP contribution in [0.15, 0.2) is 268 Å². The number of benzene rings is 9. The number of aryl methyl sites for hydroxylation is 2. The molecule has 0 unspecified atom stereocenters. The van der Waals surface area contributed by atoms with Gasteiger partial charge in [-0.3, -0.25) is 9.97 Å². The van der Waals surface area contributed by atoms with Crippen LogP contribution >= 0.6 is 0 Å². The third-order valence-corrected chi connectivity index (χ3v) is 16.0. The van der Waals surface area contributed by atoms with Crippen LogP contribution in [0.1, 0.15) is 63.6 Å². The number of anilines is 5. The lowest BCUT2D eigenvalue weighted by molar-refractivity contribution is 0.845. The Kier molecular flexibility index (Phi) is 16.7. The Labute approximate surface area is 500 Å². The van der Waals surface area contributed by atoms with Gasteiger partial charge in [0.1, 0.15) is 0 Å². The summed E-state index contributed by atoms with van der Waals surface area (Å²) >= 11 is 0. The molecule has 0 aliphatic carbocycles. The molecule has 14 aromatic rings. The Hall–Kier alpha value is -10.2. The molecule has 0 amide bonds. The topological polar surface area (TPSA) is 47.1 Å². The van der Waals surface area contributed by atoms with E-state index in [0.29, 0.717) is 6.42 Å². The fourth-order valence-electron chi connectivity index (χ4n) is 12.2. The van der Waals surface area contributed by atoms with Gasteiger partial charge in [0, 0.05) is 95.9 Å². The van der Waals surface area contributed by atoms with Crippen LogP contribution in [-0.2, 0) is 6.42 Å². The average Bonchev–Trinajstić information content (AvgIpc) is 1.97. The molecule has 9 aromatic carbocycles. The van der Waals surface area contributed by atoms with Crippen LogP contribution in [-0.4, -0.2) is 23.7 Å². The molecule has 0 saturated carbocycles. The zero-order chi connectivity index (χ0) is 59.1. The molecule has 85 heavy (non-hydrogen) atoms. The summed E-state index contributed by atoms with van der Waals surface area (Å²) in [5, 5.41) is 6.95. The number of nitrogens with zero attached hydrogens (tertiary/aromatic N) is 7. The maximum absolute atomic E-state index is 5.03. The number of allylic oxidation sites excluding steroid dienone is 2. The van der Waals surface area contributed by atoms with Crippen LogP contribution in [0.4, 0.5) is 28.4 Å². The first kappa shape index (κ1) is 56.6. The van der Waals surface area contributed by atoms with E-state index in [0.717, 1.165) is 90.5 Å². The van der Waals surface area contributed by atoms with E-state index < -0.39 is 0 Å². The van der Waals surface area contributed by atoms with Crippen molar-refractivity contribution in [3.05, 3.63) is 290 Å². The second-order valence-corrected chi connectivity index (χ2v) is 20.8. The lowest BCUT2D eigenvalue weighted by Gasteiger charge is -2.28. The quantitative estimate of drug-likeness (QED) is 0.114. The Morgan fingerprint density at radius 2 is 0.871 bits per heavy atom. The molecule has 420 valence electrons. The van der Waals surface area contributed by atoms with Gasteiger partial charge in [-0.1, -0.05) is 150 Å². The molecule has 0 N–H and O–H groups in total. The van der Waals surface area contributed by atoms with Crippen molar-refractivity contribution in [2.24, 2.45) is 0 Å². The van der Waals surface area contributed by atoms with Crippen molar-refractivity contribution >= 4 is 93.9 Å². The predicted octanol–water partition coefficient (Wildman–Crippen LogP) is 21.7. The van der Waals surface area contributed by atoms with E-state index in [2.05, 4.69) is 269 Å². The van der Waals surface area contributed by atoms with Gasteiger partial charge in [0.2, 0.25) is 0 Å². The van der Waals surface area contributed by atoms with E-state index in [-0.39, 0.29) is 0 Å². The highest BCUT2D eigenvalue weighted by Crippen LogP contribution is 2.45. The lowest BCUT2D eigenvalue weighted by Crippen LogP contribution is -2.17. The normalized spacial score (nSPS) is 11.0. The fraction of sp³-hybridized carbons (Fsp3) is 0.128. The standard InChI is InChI=1S/C71H55N7.C3H6.2C2H6/c1-47(74(68-32-16-20-51-22-18-42-72-70(51)68)56-35-39-65-60(44-56)48(2)50(4)75(65)53-24-8-5-9-25-53)34-38-63-49(3)61-45-57(36-40-66(61)77(63)54-26-10-6-11-27-54)76(69-33-17-21-52-23-19-43-73-71(52)69)58-37-41-67-62(46-58)59-30-14-15-31-64(59)78(67)55-28-12-7-13-29-55;1-3-2;2*1-2/h5-33,35-37,39-46H,1,34,38H2,2-4H3;3H,1H2,2H3;2*1-2H3. The summed E-state index contributed by atoms with van der Waals surface area (Å²) in [6.07, 6.45) is 6.96. The van der Waals surface area contributed by atoms with Gasteiger partial charge in [0.25, 0.3) is 0 Å². The van der Waals surface area contributed by atoms with Gasteiger partial charge >= 0.3 is 0 Å².